The minimum absolute atomic E-state index is 0.180. The monoisotopic (exact) mass is 460 g/mol. The SMILES string of the molecule is COc1cccc(Cn2cc(C(=O)Nc3cccnc3Nc3ccc(OC)cc3OC)nn2)c1. The standard InChI is InChI=1S/C24H24N6O4/c1-32-17-7-4-6-16(12-17)14-30-15-21(28-29-30)24(31)27-20-8-5-11-25-23(20)26-19-10-9-18(33-2)13-22(19)34-3/h4-13,15H,14H2,1-3H3,(H,25,26)(H,27,31). The van der Waals surface area contributed by atoms with Gasteiger partial charge in [0.15, 0.2) is 11.5 Å². The Labute approximate surface area is 196 Å². The van der Waals surface area contributed by atoms with Gasteiger partial charge < -0.3 is 24.8 Å². The highest BCUT2D eigenvalue weighted by Crippen LogP contribution is 2.33. The second kappa shape index (κ2) is 10.3. The largest absolute Gasteiger partial charge is 0.497 e. The van der Waals surface area contributed by atoms with Crippen molar-refractivity contribution < 1.29 is 19.0 Å². The third-order valence-corrected chi connectivity index (χ3v) is 4.97. The third-order valence-electron chi connectivity index (χ3n) is 4.97. The van der Waals surface area contributed by atoms with E-state index in [1.165, 1.54) is 0 Å². The molecule has 2 aromatic heterocycles. The number of anilines is 3. The second-order valence-corrected chi connectivity index (χ2v) is 7.20. The van der Waals surface area contributed by atoms with Crippen molar-refractivity contribution in [1.29, 1.82) is 0 Å². The maximum absolute atomic E-state index is 12.8. The van der Waals surface area contributed by atoms with Gasteiger partial charge in [-0.2, -0.15) is 0 Å². The molecule has 0 aliphatic carbocycles. The summed E-state index contributed by atoms with van der Waals surface area (Å²) in [5.41, 5.74) is 2.30. The number of nitrogens with one attached hydrogen (secondary N) is 2. The van der Waals surface area contributed by atoms with Crippen LogP contribution < -0.4 is 24.8 Å². The summed E-state index contributed by atoms with van der Waals surface area (Å²) in [6, 6.07) is 16.4. The van der Waals surface area contributed by atoms with E-state index < -0.39 is 5.91 Å². The lowest BCUT2D eigenvalue weighted by Crippen LogP contribution is -2.14. The minimum atomic E-state index is -0.408. The molecule has 4 rings (SSSR count). The van der Waals surface area contributed by atoms with Gasteiger partial charge in [0.25, 0.3) is 5.91 Å². The molecular weight excluding hydrogens is 436 g/mol. The van der Waals surface area contributed by atoms with Crippen LogP contribution in [0, 0.1) is 0 Å². The van der Waals surface area contributed by atoms with Gasteiger partial charge >= 0.3 is 0 Å². The lowest BCUT2D eigenvalue weighted by Gasteiger charge is -2.14. The van der Waals surface area contributed by atoms with Crippen LogP contribution in [-0.4, -0.2) is 47.2 Å². The summed E-state index contributed by atoms with van der Waals surface area (Å²) in [6.45, 7) is 0.453. The van der Waals surface area contributed by atoms with Crippen LogP contribution in [-0.2, 0) is 6.54 Å². The number of carbonyl (C=O) groups excluding carboxylic acids is 1. The van der Waals surface area contributed by atoms with Crippen molar-refractivity contribution in [3.8, 4) is 17.2 Å². The molecule has 0 unspecified atom stereocenters. The normalized spacial score (nSPS) is 10.4. The van der Waals surface area contributed by atoms with Crippen molar-refractivity contribution in [2.45, 2.75) is 6.54 Å². The Kier molecular flexibility index (Phi) is 6.87. The Hall–Kier alpha value is -4.60. The van der Waals surface area contributed by atoms with Crippen LogP contribution in [0.4, 0.5) is 17.2 Å². The Morgan fingerprint density at radius 3 is 2.56 bits per heavy atom. The number of nitrogens with zero attached hydrogens (tertiary/aromatic N) is 4. The van der Waals surface area contributed by atoms with Gasteiger partial charge in [-0.05, 0) is 42.0 Å². The molecule has 0 aliphatic heterocycles. The first-order valence-electron chi connectivity index (χ1n) is 10.4. The molecule has 10 heteroatoms. The number of aromatic nitrogens is 4. The highest BCUT2D eigenvalue weighted by atomic mass is 16.5. The van der Waals surface area contributed by atoms with E-state index in [1.54, 1.807) is 62.7 Å². The Morgan fingerprint density at radius 2 is 1.76 bits per heavy atom. The summed E-state index contributed by atoms with van der Waals surface area (Å²) < 4.78 is 17.5. The number of hydrogen-bond donors (Lipinski definition) is 2. The zero-order chi connectivity index (χ0) is 23.9. The molecule has 10 nitrogen and oxygen atoms in total. The van der Waals surface area contributed by atoms with Crippen LogP contribution in [0.2, 0.25) is 0 Å². The van der Waals surface area contributed by atoms with Gasteiger partial charge in [-0.25, -0.2) is 9.67 Å². The van der Waals surface area contributed by atoms with Crippen molar-refractivity contribution >= 4 is 23.1 Å². The first-order chi connectivity index (χ1) is 16.6. The lowest BCUT2D eigenvalue weighted by molar-refractivity contribution is 0.102. The van der Waals surface area contributed by atoms with E-state index >= 15 is 0 Å². The molecule has 4 aromatic rings. The van der Waals surface area contributed by atoms with E-state index in [9.17, 15) is 4.79 Å². The first kappa shape index (κ1) is 22.6. The topological polar surface area (TPSA) is 112 Å². The molecule has 0 atom stereocenters. The van der Waals surface area contributed by atoms with Gasteiger partial charge in [0.05, 0.1) is 45.4 Å². The van der Waals surface area contributed by atoms with Gasteiger partial charge in [-0.1, -0.05) is 17.3 Å². The highest BCUT2D eigenvalue weighted by Gasteiger charge is 2.15. The highest BCUT2D eigenvalue weighted by molar-refractivity contribution is 6.04. The summed E-state index contributed by atoms with van der Waals surface area (Å²) in [5, 5.41) is 14.1. The molecule has 0 aliphatic rings. The molecule has 1 amide bonds. The lowest BCUT2D eigenvalue weighted by atomic mass is 10.2. The summed E-state index contributed by atoms with van der Waals surface area (Å²) in [6.07, 6.45) is 3.21. The Balaban J connectivity index is 1.48. The molecule has 0 saturated carbocycles. The van der Waals surface area contributed by atoms with Crippen LogP contribution in [0.1, 0.15) is 16.1 Å². The fourth-order valence-electron chi connectivity index (χ4n) is 3.26. The third kappa shape index (κ3) is 5.23. The molecule has 174 valence electrons. The molecule has 34 heavy (non-hydrogen) atoms. The fourth-order valence-corrected chi connectivity index (χ4v) is 3.26. The van der Waals surface area contributed by atoms with Crippen LogP contribution in [0.3, 0.4) is 0 Å². The average molecular weight is 460 g/mol. The van der Waals surface area contributed by atoms with E-state index in [0.29, 0.717) is 35.2 Å². The molecule has 0 spiro atoms. The maximum Gasteiger partial charge on any atom is 0.277 e. The van der Waals surface area contributed by atoms with Gasteiger partial charge in [0.1, 0.15) is 17.2 Å². The number of methoxy groups -OCH3 is 3. The van der Waals surface area contributed by atoms with Crippen molar-refractivity contribution in [2.75, 3.05) is 32.0 Å². The van der Waals surface area contributed by atoms with Crippen LogP contribution in [0.25, 0.3) is 0 Å². The number of rotatable bonds is 9. The van der Waals surface area contributed by atoms with Crippen molar-refractivity contribution in [2.24, 2.45) is 0 Å². The molecule has 0 fully saturated rings. The van der Waals surface area contributed by atoms with Crippen LogP contribution in [0.5, 0.6) is 17.2 Å². The van der Waals surface area contributed by atoms with Gasteiger partial charge in [0, 0.05) is 12.3 Å². The predicted molar refractivity (Wildman–Crippen MR) is 127 cm³/mol. The Morgan fingerprint density at radius 1 is 0.941 bits per heavy atom. The summed E-state index contributed by atoms with van der Waals surface area (Å²) in [4.78, 5) is 17.2. The van der Waals surface area contributed by atoms with E-state index in [2.05, 4.69) is 25.9 Å². The zero-order valence-electron chi connectivity index (χ0n) is 19.0. The molecule has 0 saturated heterocycles. The Bertz CT molecular complexity index is 1290. The zero-order valence-corrected chi connectivity index (χ0v) is 19.0. The summed E-state index contributed by atoms with van der Waals surface area (Å²) in [7, 11) is 4.76. The fraction of sp³-hybridized carbons (Fsp3) is 0.167. The van der Waals surface area contributed by atoms with Gasteiger partial charge in [0.2, 0.25) is 0 Å². The smallest absolute Gasteiger partial charge is 0.277 e. The average Bonchev–Trinajstić information content (AvgIpc) is 3.34. The molecule has 2 N–H and O–H groups in total. The van der Waals surface area contributed by atoms with E-state index in [4.69, 9.17) is 14.2 Å². The number of pyridine rings is 1. The van der Waals surface area contributed by atoms with E-state index in [1.807, 2.05) is 30.3 Å². The number of ether oxygens (including phenoxy) is 3. The number of amides is 1. The number of hydrogen-bond acceptors (Lipinski definition) is 8. The van der Waals surface area contributed by atoms with Gasteiger partial charge in [-0.3, -0.25) is 4.79 Å². The summed E-state index contributed by atoms with van der Waals surface area (Å²) >= 11 is 0. The summed E-state index contributed by atoms with van der Waals surface area (Å²) in [5.74, 6) is 2.02. The van der Waals surface area contributed by atoms with Crippen molar-refractivity contribution in [1.82, 2.24) is 20.0 Å². The molecule has 2 heterocycles. The van der Waals surface area contributed by atoms with Crippen molar-refractivity contribution in [3.63, 3.8) is 0 Å². The van der Waals surface area contributed by atoms with E-state index in [-0.39, 0.29) is 5.69 Å². The second-order valence-electron chi connectivity index (χ2n) is 7.20. The van der Waals surface area contributed by atoms with Crippen molar-refractivity contribution in [3.05, 3.63) is 78.2 Å². The van der Waals surface area contributed by atoms with Gasteiger partial charge in [-0.15, -0.1) is 5.10 Å². The molecule has 2 aromatic carbocycles. The van der Waals surface area contributed by atoms with Crippen LogP contribution >= 0.6 is 0 Å². The van der Waals surface area contributed by atoms with Crippen LogP contribution in [0.15, 0.2) is 67.0 Å². The molecule has 0 bridgehead atoms. The predicted octanol–water partition coefficient (Wildman–Crippen LogP) is 3.74. The minimum Gasteiger partial charge on any atom is -0.497 e. The van der Waals surface area contributed by atoms with E-state index in [0.717, 1.165) is 11.3 Å². The molecule has 0 radical (unpaired) electrons. The first-order valence-corrected chi connectivity index (χ1v) is 10.4. The maximum atomic E-state index is 12.8. The quantitative estimate of drug-likeness (QED) is 0.388. The number of carbonyl (C=O) groups is 1. The molecular formula is C24H24N6O4. The number of benzene rings is 2.